The summed E-state index contributed by atoms with van der Waals surface area (Å²) in [7, 11) is 0. The van der Waals surface area contributed by atoms with Crippen LogP contribution in [0.5, 0.6) is 0 Å². The first-order valence-electron chi connectivity index (χ1n) is 9.65. The summed E-state index contributed by atoms with van der Waals surface area (Å²) in [5, 5.41) is 4.61. The summed E-state index contributed by atoms with van der Waals surface area (Å²) < 4.78 is 11.8. The summed E-state index contributed by atoms with van der Waals surface area (Å²) in [4.78, 5) is 17.6. The fourth-order valence-electron chi connectivity index (χ4n) is 3.58. The highest BCUT2D eigenvalue weighted by molar-refractivity contribution is 5.91. The highest BCUT2D eigenvalue weighted by Gasteiger charge is 2.19. The van der Waals surface area contributed by atoms with Crippen LogP contribution >= 0.6 is 0 Å². The smallest absolute Gasteiger partial charge is 0.262 e. The largest absolute Gasteiger partial charge is 0.455 e. The van der Waals surface area contributed by atoms with Crippen LogP contribution in [0.15, 0.2) is 86.5 Å². The molecule has 5 rings (SSSR count). The van der Waals surface area contributed by atoms with Crippen LogP contribution in [0, 0.1) is 13.8 Å². The highest BCUT2D eigenvalue weighted by atomic mass is 16.5. The average molecular weight is 394 g/mol. The van der Waals surface area contributed by atoms with Gasteiger partial charge in [-0.3, -0.25) is 4.79 Å². The van der Waals surface area contributed by atoms with E-state index in [2.05, 4.69) is 10.1 Å². The van der Waals surface area contributed by atoms with Gasteiger partial charge in [0.25, 0.3) is 5.89 Å². The van der Waals surface area contributed by atoms with E-state index in [1.165, 1.54) is 0 Å². The summed E-state index contributed by atoms with van der Waals surface area (Å²) >= 11 is 0. The number of para-hydroxylation sites is 1. The Morgan fingerprint density at radius 2 is 1.60 bits per heavy atom. The number of nitrogens with zero attached hydrogens (tertiary/aromatic N) is 2. The van der Waals surface area contributed by atoms with Crippen molar-refractivity contribution in [1.82, 2.24) is 10.1 Å². The lowest BCUT2D eigenvalue weighted by atomic mass is 10.0. The van der Waals surface area contributed by atoms with Crippen LogP contribution in [0.4, 0.5) is 0 Å². The summed E-state index contributed by atoms with van der Waals surface area (Å²) in [5.74, 6) is 1.34. The zero-order chi connectivity index (χ0) is 20.7. The van der Waals surface area contributed by atoms with Gasteiger partial charge in [-0.15, -0.1) is 0 Å². The molecule has 5 heteroatoms. The molecular formula is C25H18N2O3. The third-order valence-corrected chi connectivity index (χ3v) is 5.11. The van der Waals surface area contributed by atoms with Gasteiger partial charge in [-0.2, -0.15) is 4.98 Å². The summed E-state index contributed by atoms with van der Waals surface area (Å²) in [6.45, 7) is 3.79. The molecule has 2 heterocycles. The first-order chi connectivity index (χ1) is 14.6. The van der Waals surface area contributed by atoms with Crippen LogP contribution < -0.4 is 5.43 Å². The minimum Gasteiger partial charge on any atom is -0.455 e. The fourth-order valence-corrected chi connectivity index (χ4v) is 3.58. The molecule has 146 valence electrons. The second-order valence-corrected chi connectivity index (χ2v) is 7.23. The van der Waals surface area contributed by atoms with Crippen LogP contribution in [0.3, 0.4) is 0 Å². The first kappa shape index (κ1) is 18.1. The molecule has 0 aliphatic carbocycles. The van der Waals surface area contributed by atoms with Gasteiger partial charge in [-0.1, -0.05) is 65.3 Å². The van der Waals surface area contributed by atoms with Gasteiger partial charge in [0.05, 0.1) is 10.9 Å². The van der Waals surface area contributed by atoms with E-state index in [1.807, 2.05) is 67.6 Å². The van der Waals surface area contributed by atoms with Gasteiger partial charge >= 0.3 is 0 Å². The number of hydrogen-bond donors (Lipinski definition) is 0. The van der Waals surface area contributed by atoms with E-state index in [1.54, 1.807) is 19.1 Å². The van der Waals surface area contributed by atoms with Gasteiger partial charge in [0, 0.05) is 16.7 Å². The van der Waals surface area contributed by atoms with Crippen molar-refractivity contribution in [2.45, 2.75) is 13.8 Å². The molecule has 0 spiro atoms. The summed E-state index contributed by atoms with van der Waals surface area (Å²) in [6.07, 6.45) is 0. The molecule has 0 saturated heterocycles. The zero-order valence-corrected chi connectivity index (χ0v) is 16.5. The molecule has 0 saturated carbocycles. The molecule has 0 unspecified atom stereocenters. The molecule has 5 nitrogen and oxygen atoms in total. The van der Waals surface area contributed by atoms with Crippen molar-refractivity contribution in [3.05, 3.63) is 94.1 Å². The molecule has 0 bridgehead atoms. The predicted octanol–water partition coefficient (Wildman–Crippen LogP) is 5.79. The van der Waals surface area contributed by atoms with Gasteiger partial charge in [-0.05, 0) is 32.0 Å². The highest BCUT2D eigenvalue weighted by Crippen LogP contribution is 2.32. The average Bonchev–Trinajstić information content (AvgIpc) is 3.26. The Hall–Kier alpha value is -3.99. The number of hydrogen-bond acceptors (Lipinski definition) is 5. The lowest BCUT2D eigenvalue weighted by Gasteiger charge is -2.08. The van der Waals surface area contributed by atoms with E-state index < -0.39 is 0 Å². The molecule has 3 aromatic carbocycles. The molecule has 30 heavy (non-hydrogen) atoms. The molecule has 0 radical (unpaired) electrons. The maximum atomic E-state index is 13.0. The van der Waals surface area contributed by atoms with Crippen LogP contribution in [0.25, 0.3) is 45.1 Å². The topological polar surface area (TPSA) is 69.1 Å². The molecule has 5 aromatic rings. The Balaban J connectivity index is 1.71. The van der Waals surface area contributed by atoms with Crippen LogP contribution in [-0.4, -0.2) is 10.1 Å². The number of aryl methyl sites for hydroxylation is 1. The minimum absolute atomic E-state index is 0.0737. The second kappa shape index (κ2) is 7.12. The first-order valence-corrected chi connectivity index (χ1v) is 9.65. The minimum atomic E-state index is -0.0737. The van der Waals surface area contributed by atoms with Gasteiger partial charge in [-0.25, -0.2) is 0 Å². The lowest BCUT2D eigenvalue weighted by Crippen LogP contribution is -2.07. The normalized spacial score (nSPS) is 11.1. The molecule has 0 fully saturated rings. The summed E-state index contributed by atoms with van der Waals surface area (Å²) in [5.41, 5.74) is 4.34. The van der Waals surface area contributed by atoms with Crippen molar-refractivity contribution in [1.29, 1.82) is 0 Å². The Bertz CT molecular complexity index is 1430. The van der Waals surface area contributed by atoms with Crippen molar-refractivity contribution in [2.75, 3.05) is 0 Å². The molecule has 2 aromatic heterocycles. The standard InChI is InChI=1S/C25H18N2O3/c1-15-8-6-11-18(14-15)24-26-25(30-27-24)20-13-7-12-19-21(28)16(2)22(29-23(19)20)17-9-4-3-5-10-17/h3-14H,1-2H3. The van der Waals surface area contributed by atoms with Crippen molar-refractivity contribution in [2.24, 2.45) is 0 Å². The van der Waals surface area contributed by atoms with E-state index >= 15 is 0 Å². The Kier molecular flexibility index (Phi) is 4.29. The number of aromatic nitrogens is 2. The monoisotopic (exact) mass is 394 g/mol. The predicted molar refractivity (Wildman–Crippen MR) is 116 cm³/mol. The van der Waals surface area contributed by atoms with Gasteiger partial charge in [0.1, 0.15) is 5.76 Å². The zero-order valence-electron chi connectivity index (χ0n) is 16.5. The summed E-state index contributed by atoms with van der Waals surface area (Å²) in [6, 6.07) is 22.9. The van der Waals surface area contributed by atoms with Gasteiger partial charge < -0.3 is 8.94 Å². The quantitative estimate of drug-likeness (QED) is 0.387. The van der Waals surface area contributed by atoms with Crippen molar-refractivity contribution in [3.63, 3.8) is 0 Å². The molecule has 0 aliphatic rings. The number of benzene rings is 3. The third-order valence-electron chi connectivity index (χ3n) is 5.11. The number of rotatable bonds is 3. The van der Waals surface area contributed by atoms with Crippen LogP contribution in [-0.2, 0) is 0 Å². The Labute approximate surface area is 172 Å². The molecule has 0 amide bonds. The van der Waals surface area contributed by atoms with Crippen LogP contribution in [0.2, 0.25) is 0 Å². The number of fused-ring (bicyclic) bond motifs is 1. The second-order valence-electron chi connectivity index (χ2n) is 7.23. The van der Waals surface area contributed by atoms with Crippen LogP contribution in [0.1, 0.15) is 11.1 Å². The Morgan fingerprint density at radius 1 is 0.833 bits per heavy atom. The Morgan fingerprint density at radius 3 is 2.40 bits per heavy atom. The van der Waals surface area contributed by atoms with E-state index in [0.717, 1.165) is 16.7 Å². The van der Waals surface area contributed by atoms with Crippen molar-refractivity contribution < 1.29 is 8.94 Å². The maximum Gasteiger partial charge on any atom is 0.262 e. The van der Waals surface area contributed by atoms with E-state index in [4.69, 9.17) is 8.94 Å². The fraction of sp³-hybridized carbons (Fsp3) is 0.0800. The SMILES string of the molecule is Cc1cccc(-c2noc(-c3cccc4c(=O)c(C)c(-c5ccccc5)oc34)n2)c1. The molecule has 0 N–H and O–H groups in total. The van der Waals surface area contributed by atoms with E-state index in [0.29, 0.717) is 39.6 Å². The molecular weight excluding hydrogens is 376 g/mol. The molecule has 0 aliphatic heterocycles. The molecule has 0 atom stereocenters. The van der Waals surface area contributed by atoms with Crippen molar-refractivity contribution in [3.8, 4) is 34.2 Å². The van der Waals surface area contributed by atoms with E-state index in [-0.39, 0.29) is 5.43 Å². The van der Waals surface area contributed by atoms with Crippen molar-refractivity contribution >= 4 is 11.0 Å². The maximum absolute atomic E-state index is 13.0. The van der Waals surface area contributed by atoms with Gasteiger partial charge in [0.2, 0.25) is 5.82 Å². The van der Waals surface area contributed by atoms with E-state index in [9.17, 15) is 4.79 Å². The van der Waals surface area contributed by atoms with Gasteiger partial charge in [0.15, 0.2) is 11.0 Å². The third kappa shape index (κ3) is 3.01. The lowest BCUT2D eigenvalue weighted by molar-refractivity contribution is 0.432.